The topological polar surface area (TPSA) is 72.9 Å². The number of esters is 1. The molecule has 1 fully saturated rings. The molecular formula is C15H21NO5S. The molecule has 0 bridgehead atoms. The molecule has 1 aromatic rings. The molecule has 0 N–H and O–H groups in total. The first kappa shape index (κ1) is 16.9. The van der Waals surface area contributed by atoms with Crippen molar-refractivity contribution in [3.8, 4) is 0 Å². The van der Waals surface area contributed by atoms with Gasteiger partial charge in [0, 0.05) is 12.6 Å². The van der Waals surface area contributed by atoms with Crippen LogP contribution in [0.25, 0.3) is 0 Å². The number of ether oxygens (including phenoxy) is 2. The van der Waals surface area contributed by atoms with Gasteiger partial charge in [0.2, 0.25) is 10.0 Å². The summed E-state index contributed by atoms with van der Waals surface area (Å²) >= 11 is 0. The van der Waals surface area contributed by atoms with Gasteiger partial charge in [-0.15, -0.1) is 0 Å². The molecule has 0 amide bonds. The third-order valence-corrected chi connectivity index (χ3v) is 5.52. The van der Waals surface area contributed by atoms with Gasteiger partial charge in [-0.25, -0.2) is 13.2 Å². The highest BCUT2D eigenvalue weighted by molar-refractivity contribution is 7.89. The van der Waals surface area contributed by atoms with E-state index < -0.39 is 16.0 Å². The zero-order chi connectivity index (χ0) is 16.3. The number of rotatable bonds is 4. The Morgan fingerprint density at radius 2 is 1.95 bits per heavy atom. The van der Waals surface area contributed by atoms with Crippen molar-refractivity contribution in [1.29, 1.82) is 0 Å². The molecule has 1 aliphatic heterocycles. The van der Waals surface area contributed by atoms with Crippen LogP contribution >= 0.6 is 0 Å². The molecule has 0 spiro atoms. The minimum absolute atomic E-state index is 0.134. The molecule has 0 saturated carbocycles. The first-order chi connectivity index (χ1) is 10.4. The van der Waals surface area contributed by atoms with Crippen molar-refractivity contribution < 1.29 is 22.7 Å². The van der Waals surface area contributed by atoms with Crippen LogP contribution in [0.3, 0.4) is 0 Å². The second-order valence-electron chi connectivity index (χ2n) is 5.31. The van der Waals surface area contributed by atoms with Crippen LogP contribution in [0.15, 0.2) is 29.2 Å². The molecule has 1 heterocycles. The summed E-state index contributed by atoms with van der Waals surface area (Å²) in [5, 5.41) is 0. The quantitative estimate of drug-likeness (QED) is 0.787. The van der Waals surface area contributed by atoms with Gasteiger partial charge < -0.3 is 9.47 Å². The first-order valence-electron chi connectivity index (χ1n) is 7.27. The monoisotopic (exact) mass is 327 g/mol. The predicted octanol–water partition coefficient (Wildman–Crippen LogP) is 1.66. The van der Waals surface area contributed by atoms with E-state index in [1.54, 1.807) is 6.92 Å². The minimum Gasteiger partial charge on any atom is -0.462 e. The van der Waals surface area contributed by atoms with Crippen LogP contribution in [0.2, 0.25) is 0 Å². The van der Waals surface area contributed by atoms with Crippen LogP contribution in [-0.2, 0) is 19.5 Å². The maximum Gasteiger partial charge on any atom is 0.338 e. The number of hydrogen-bond acceptors (Lipinski definition) is 5. The lowest BCUT2D eigenvalue weighted by molar-refractivity contribution is -0.0170. The number of morpholine rings is 1. The SMILES string of the molecule is CCOC(=O)c1ccc(S(=O)(=O)N2C[C@@H](C)OC[C@H]2C)cc1. The summed E-state index contributed by atoms with van der Waals surface area (Å²) in [5.41, 5.74) is 0.337. The number of benzene rings is 1. The second kappa shape index (κ2) is 6.76. The van der Waals surface area contributed by atoms with E-state index in [4.69, 9.17) is 9.47 Å². The maximum absolute atomic E-state index is 12.7. The van der Waals surface area contributed by atoms with Crippen LogP contribution < -0.4 is 0 Å². The summed E-state index contributed by atoms with van der Waals surface area (Å²) in [6, 6.07) is 5.60. The van der Waals surface area contributed by atoms with Crippen molar-refractivity contribution in [3.63, 3.8) is 0 Å². The molecule has 2 atom stereocenters. The van der Waals surface area contributed by atoms with Gasteiger partial charge in [-0.1, -0.05) is 0 Å². The van der Waals surface area contributed by atoms with E-state index >= 15 is 0 Å². The van der Waals surface area contributed by atoms with Gasteiger partial charge in [0.1, 0.15) is 0 Å². The lowest BCUT2D eigenvalue weighted by atomic mass is 10.2. The van der Waals surface area contributed by atoms with Gasteiger partial charge in [-0.05, 0) is 45.0 Å². The molecule has 0 unspecified atom stereocenters. The first-order valence-corrected chi connectivity index (χ1v) is 8.71. The zero-order valence-corrected chi connectivity index (χ0v) is 13.8. The lowest BCUT2D eigenvalue weighted by Crippen LogP contribution is -2.50. The second-order valence-corrected chi connectivity index (χ2v) is 7.20. The average Bonchev–Trinajstić information content (AvgIpc) is 2.50. The fourth-order valence-corrected chi connectivity index (χ4v) is 4.01. The summed E-state index contributed by atoms with van der Waals surface area (Å²) in [5.74, 6) is -0.459. The van der Waals surface area contributed by atoms with Gasteiger partial charge in [-0.2, -0.15) is 4.31 Å². The largest absolute Gasteiger partial charge is 0.462 e. The van der Waals surface area contributed by atoms with Crippen molar-refractivity contribution in [1.82, 2.24) is 4.31 Å². The van der Waals surface area contributed by atoms with Gasteiger partial charge >= 0.3 is 5.97 Å². The molecule has 0 aliphatic carbocycles. The smallest absolute Gasteiger partial charge is 0.338 e. The van der Waals surface area contributed by atoms with Gasteiger partial charge in [0.25, 0.3) is 0 Å². The van der Waals surface area contributed by atoms with Crippen molar-refractivity contribution in [2.45, 2.75) is 37.8 Å². The minimum atomic E-state index is -3.60. The van der Waals surface area contributed by atoms with Crippen molar-refractivity contribution in [3.05, 3.63) is 29.8 Å². The van der Waals surface area contributed by atoms with Crippen LogP contribution in [0, 0.1) is 0 Å². The summed E-state index contributed by atoms with van der Waals surface area (Å²) < 4.78 is 37.2. The summed E-state index contributed by atoms with van der Waals surface area (Å²) in [6.07, 6.45) is -0.134. The number of sulfonamides is 1. The van der Waals surface area contributed by atoms with E-state index in [1.807, 2.05) is 13.8 Å². The third-order valence-electron chi connectivity index (χ3n) is 3.52. The Balaban J connectivity index is 2.24. The van der Waals surface area contributed by atoms with Crippen molar-refractivity contribution in [2.24, 2.45) is 0 Å². The van der Waals surface area contributed by atoms with Crippen LogP contribution in [0.4, 0.5) is 0 Å². The number of hydrogen-bond donors (Lipinski definition) is 0. The van der Waals surface area contributed by atoms with E-state index in [0.717, 1.165) is 0 Å². The summed E-state index contributed by atoms with van der Waals surface area (Å²) in [4.78, 5) is 11.8. The fraction of sp³-hybridized carbons (Fsp3) is 0.533. The van der Waals surface area contributed by atoms with Crippen molar-refractivity contribution in [2.75, 3.05) is 19.8 Å². The van der Waals surface area contributed by atoms with Gasteiger partial charge in [0.15, 0.2) is 0 Å². The average molecular weight is 327 g/mol. The molecule has 1 aliphatic rings. The highest BCUT2D eigenvalue weighted by atomic mass is 32.2. The Hall–Kier alpha value is -1.44. The Morgan fingerprint density at radius 3 is 2.55 bits per heavy atom. The molecule has 1 aromatic carbocycles. The number of carbonyl (C=O) groups excluding carboxylic acids is 1. The van der Waals surface area contributed by atoms with Crippen LogP contribution in [0.1, 0.15) is 31.1 Å². The standard InChI is InChI=1S/C15H21NO5S/c1-4-20-15(17)13-5-7-14(8-6-13)22(18,19)16-9-12(3)21-10-11(16)2/h5-8,11-12H,4,9-10H2,1-3H3/t11-,12-/m1/s1. The fourth-order valence-electron chi connectivity index (χ4n) is 2.32. The summed E-state index contributed by atoms with van der Waals surface area (Å²) in [6.45, 7) is 6.36. The van der Waals surface area contributed by atoms with E-state index in [2.05, 4.69) is 0 Å². The van der Waals surface area contributed by atoms with E-state index in [-0.39, 0.29) is 23.6 Å². The van der Waals surface area contributed by atoms with Gasteiger partial charge in [-0.3, -0.25) is 0 Å². The van der Waals surface area contributed by atoms with Crippen LogP contribution in [-0.4, -0.2) is 50.6 Å². The maximum atomic E-state index is 12.7. The molecule has 22 heavy (non-hydrogen) atoms. The predicted molar refractivity (Wildman–Crippen MR) is 81.2 cm³/mol. The molecule has 0 radical (unpaired) electrons. The molecule has 2 rings (SSSR count). The van der Waals surface area contributed by atoms with Crippen LogP contribution in [0.5, 0.6) is 0 Å². The van der Waals surface area contributed by atoms with E-state index in [9.17, 15) is 13.2 Å². The Kier molecular flexibility index (Phi) is 5.20. The number of nitrogens with zero attached hydrogens (tertiary/aromatic N) is 1. The normalized spacial score (nSPS) is 23.2. The highest BCUT2D eigenvalue weighted by Gasteiger charge is 2.34. The lowest BCUT2D eigenvalue weighted by Gasteiger charge is -2.35. The molecule has 122 valence electrons. The third kappa shape index (κ3) is 3.48. The summed E-state index contributed by atoms with van der Waals surface area (Å²) in [7, 11) is -3.60. The molecule has 0 aromatic heterocycles. The molecule has 6 nitrogen and oxygen atoms in total. The highest BCUT2D eigenvalue weighted by Crippen LogP contribution is 2.22. The van der Waals surface area contributed by atoms with Gasteiger partial charge in [0.05, 0.1) is 29.8 Å². The Labute approximate surface area is 131 Å². The Morgan fingerprint density at radius 1 is 1.32 bits per heavy atom. The van der Waals surface area contributed by atoms with E-state index in [0.29, 0.717) is 18.7 Å². The molecule has 1 saturated heterocycles. The number of carbonyl (C=O) groups is 1. The molecular weight excluding hydrogens is 306 g/mol. The van der Waals surface area contributed by atoms with Crippen molar-refractivity contribution >= 4 is 16.0 Å². The van der Waals surface area contributed by atoms with E-state index in [1.165, 1.54) is 28.6 Å². The Bertz CT molecular complexity index is 626. The molecule has 7 heteroatoms. The zero-order valence-electron chi connectivity index (χ0n) is 13.0.